The van der Waals surface area contributed by atoms with Gasteiger partial charge in [-0.2, -0.15) is 0 Å². The Hall–Kier alpha value is 0.01000. The van der Waals surface area contributed by atoms with Gasteiger partial charge in [-0.05, 0) is 47.8 Å². The van der Waals surface area contributed by atoms with Gasteiger partial charge in [-0.15, -0.1) is 11.3 Å². The molecule has 5 nitrogen and oxygen atoms in total. The summed E-state index contributed by atoms with van der Waals surface area (Å²) in [5, 5.41) is 3.19. The maximum atomic E-state index is 12.2. The van der Waals surface area contributed by atoms with Gasteiger partial charge in [0.25, 0.3) is 0 Å². The Labute approximate surface area is 139 Å². The van der Waals surface area contributed by atoms with E-state index in [0.717, 1.165) is 37.3 Å². The van der Waals surface area contributed by atoms with Gasteiger partial charge in [0.15, 0.2) is 0 Å². The lowest BCUT2D eigenvalue weighted by Crippen LogP contribution is -2.24. The molecule has 0 unspecified atom stereocenters. The fourth-order valence-corrected chi connectivity index (χ4v) is 5.47. The first-order valence-corrected chi connectivity index (χ1v) is 10.1. The summed E-state index contributed by atoms with van der Waals surface area (Å²) in [7, 11) is -1.76. The lowest BCUT2D eigenvalue weighted by atomic mass is 10.2. The van der Waals surface area contributed by atoms with E-state index in [-0.39, 0.29) is 0 Å². The van der Waals surface area contributed by atoms with Gasteiger partial charge in [-0.3, -0.25) is 0 Å². The highest BCUT2D eigenvalue weighted by atomic mass is 79.9. The minimum absolute atomic E-state index is 0.331. The number of unbranched alkanes of at least 4 members (excludes halogenated alkanes) is 2. The van der Waals surface area contributed by atoms with Crippen molar-refractivity contribution in [2.45, 2.75) is 37.6 Å². The summed E-state index contributed by atoms with van der Waals surface area (Å²) in [4.78, 5) is 1.33. The molecular weight excluding hydrogens is 376 g/mol. The molecule has 0 atom stereocenters. The van der Waals surface area contributed by atoms with E-state index < -0.39 is 10.0 Å². The van der Waals surface area contributed by atoms with Gasteiger partial charge in [-0.25, -0.2) is 13.1 Å². The van der Waals surface area contributed by atoms with Crippen LogP contribution in [0.25, 0.3) is 0 Å². The lowest BCUT2D eigenvalue weighted by Gasteiger charge is -2.05. The number of halogens is 1. The molecule has 1 rings (SSSR count). The highest BCUT2D eigenvalue weighted by Crippen LogP contribution is 2.31. The molecule has 0 saturated heterocycles. The van der Waals surface area contributed by atoms with E-state index in [0.29, 0.717) is 21.8 Å². The largest absolute Gasteiger partial charge is 0.385 e. The van der Waals surface area contributed by atoms with E-state index in [1.54, 1.807) is 13.2 Å². The second kappa shape index (κ2) is 9.91. The second-order valence-electron chi connectivity index (χ2n) is 4.58. The summed E-state index contributed by atoms with van der Waals surface area (Å²) >= 11 is 4.79. The van der Waals surface area contributed by atoms with E-state index in [1.807, 2.05) is 6.92 Å². The van der Waals surface area contributed by atoms with Crippen LogP contribution < -0.4 is 10.0 Å². The van der Waals surface area contributed by atoms with Gasteiger partial charge in [0.1, 0.15) is 4.90 Å². The molecule has 1 aromatic heterocycles. The number of ether oxygens (including phenoxy) is 1. The third kappa shape index (κ3) is 6.75. The first kappa shape index (κ1) is 19.1. The molecule has 0 amide bonds. The van der Waals surface area contributed by atoms with Crippen LogP contribution in [0.2, 0.25) is 0 Å². The van der Waals surface area contributed by atoms with Crippen LogP contribution in [0.4, 0.5) is 0 Å². The van der Waals surface area contributed by atoms with E-state index in [1.165, 1.54) is 11.3 Å². The van der Waals surface area contributed by atoms with Crippen LogP contribution >= 0.6 is 27.3 Å². The summed E-state index contributed by atoms with van der Waals surface area (Å²) in [6, 6.07) is 1.73. The maximum absolute atomic E-state index is 12.2. The Morgan fingerprint density at radius 2 is 2.10 bits per heavy atom. The number of hydrogen-bond acceptors (Lipinski definition) is 5. The summed E-state index contributed by atoms with van der Waals surface area (Å²) in [5.74, 6) is 0. The Kier molecular flexibility index (Phi) is 9.00. The number of thiophene rings is 1. The molecule has 1 aromatic rings. The summed E-state index contributed by atoms with van der Waals surface area (Å²) in [6.45, 7) is 4.74. The molecule has 0 bridgehead atoms. The highest BCUT2D eigenvalue weighted by Gasteiger charge is 2.20. The molecule has 122 valence electrons. The van der Waals surface area contributed by atoms with Crippen molar-refractivity contribution >= 4 is 37.3 Å². The van der Waals surface area contributed by atoms with Crippen LogP contribution in [0.1, 0.15) is 31.1 Å². The minimum Gasteiger partial charge on any atom is -0.385 e. The zero-order valence-corrected chi connectivity index (χ0v) is 15.7. The SMILES string of the molecule is CCNCc1cc(S(=O)(=O)NCCCCCOC)c(Br)s1. The monoisotopic (exact) mass is 398 g/mol. The third-order valence-electron chi connectivity index (χ3n) is 2.86. The van der Waals surface area contributed by atoms with E-state index in [4.69, 9.17) is 4.74 Å². The highest BCUT2D eigenvalue weighted by molar-refractivity contribution is 9.11. The van der Waals surface area contributed by atoms with Crippen molar-refractivity contribution in [3.8, 4) is 0 Å². The topological polar surface area (TPSA) is 67.4 Å². The molecule has 0 fully saturated rings. The van der Waals surface area contributed by atoms with Crippen LogP contribution in [0.3, 0.4) is 0 Å². The van der Waals surface area contributed by atoms with Crippen LogP contribution in [-0.4, -0.2) is 35.2 Å². The van der Waals surface area contributed by atoms with Gasteiger partial charge in [0.2, 0.25) is 10.0 Å². The number of rotatable bonds is 11. The van der Waals surface area contributed by atoms with Crippen molar-refractivity contribution in [2.24, 2.45) is 0 Å². The molecule has 21 heavy (non-hydrogen) atoms. The molecule has 1 heterocycles. The van der Waals surface area contributed by atoms with E-state index in [2.05, 4.69) is 26.0 Å². The molecular formula is C13H23BrN2O3S2. The molecule has 0 saturated carbocycles. The summed E-state index contributed by atoms with van der Waals surface area (Å²) in [5.41, 5.74) is 0. The number of hydrogen-bond donors (Lipinski definition) is 2. The average molecular weight is 399 g/mol. The molecule has 0 aromatic carbocycles. The van der Waals surface area contributed by atoms with E-state index in [9.17, 15) is 8.42 Å². The molecule has 8 heteroatoms. The third-order valence-corrected chi connectivity index (χ3v) is 6.58. The van der Waals surface area contributed by atoms with Gasteiger partial charge >= 0.3 is 0 Å². The van der Waals surface area contributed by atoms with Crippen molar-refractivity contribution in [1.29, 1.82) is 0 Å². The van der Waals surface area contributed by atoms with Crippen molar-refractivity contribution in [1.82, 2.24) is 10.0 Å². The van der Waals surface area contributed by atoms with Gasteiger partial charge in [0, 0.05) is 31.7 Å². The van der Waals surface area contributed by atoms with Crippen molar-refractivity contribution in [2.75, 3.05) is 26.8 Å². The van der Waals surface area contributed by atoms with Gasteiger partial charge in [-0.1, -0.05) is 6.92 Å². The maximum Gasteiger partial charge on any atom is 0.242 e. The second-order valence-corrected chi connectivity index (χ2v) is 8.77. The average Bonchev–Trinajstić information content (AvgIpc) is 2.82. The molecule has 0 spiro atoms. The predicted octanol–water partition coefficient (Wildman–Crippen LogP) is 2.72. The molecule has 0 aliphatic carbocycles. The number of methoxy groups -OCH3 is 1. The smallest absolute Gasteiger partial charge is 0.242 e. The van der Waals surface area contributed by atoms with Gasteiger partial charge in [0.05, 0.1) is 3.79 Å². The first-order chi connectivity index (χ1) is 10.0. The summed E-state index contributed by atoms with van der Waals surface area (Å²) < 4.78 is 32.8. The van der Waals surface area contributed by atoms with E-state index >= 15 is 0 Å². The standard InChI is InChI=1S/C13H23BrN2O3S2/c1-3-15-10-11-9-12(13(14)20-11)21(17,18)16-7-5-4-6-8-19-2/h9,15-16H,3-8,10H2,1-2H3. The molecule has 0 aliphatic heterocycles. The van der Waals surface area contributed by atoms with Crippen LogP contribution in [0, 0.1) is 0 Å². The molecule has 2 N–H and O–H groups in total. The summed E-state index contributed by atoms with van der Waals surface area (Å²) in [6.07, 6.45) is 2.72. The number of nitrogens with one attached hydrogen (secondary N) is 2. The van der Waals surface area contributed by atoms with Crippen molar-refractivity contribution < 1.29 is 13.2 Å². The Balaban J connectivity index is 2.51. The Morgan fingerprint density at radius 3 is 2.76 bits per heavy atom. The van der Waals surface area contributed by atoms with Crippen LogP contribution in [0.5, 0.6) is 0 Å². The van der Waals surface area contributed by atoms with Crippen LogP contribution in [-0.2, 0) is 21.3 Å². The van der Waals surface area contributed by atoms with Crippen molar-refractivity contribution in [3.63, 3.8) is 0 Å². The van der Waals surface area contributed by atoms with Gasteiger partial charge < -0.3 is 10.1 Å². The molecule has 0 aliphatic rings. The fraction of sp³-hybridized carbons (Fsp3) is 0.692. The quantitative estimate of drug-likeness (QED) is 0.562. The predicted molar refractivity (Wildman–Crippen MR) is 90.3 cm³/mol. The molecule has 0 radical (unpaired) electrons. The zero-order chi connectivity index (χ0) is 15.7. The van der Waals surface area contributed by atoms with Crippen molar-refractivity contribution in [3.05, 3.63) is 14.7 Å². The fourth-order valence-electron chi connectivity index (χ4n) is 1.75. The zero-order valence-electron chi connectivity index (χ0n) is 12.4. The van der Waals surface area contributed by atoms with Crippen LogP contribution in [0.15, 0.2) is 14.7 Å². The Bertz CT molecular complexity index is 517. The first-order valence-electron chi connectivity index (χ1n) is 6.98. The normalized spacial score (nSPS) is 12.0. The Morgan fingerprint density at radius 1 is 1.33 bits per heavy atom. The lowest BCUT2D eigenvalue weighted by molar-refractivity contribution is 0.192. The minimum atomic E-state index is -3.43. The number of sulfonamides is 1.